The van der Waals surface area contributed by atoms with Crippen molar-refractivity contribution in [2.24, 2.45) is 5.73 Å². The highest BCUT2D eigenvalue weighted by Gasteiger charge is 2.29. The largest absolute Gasteiger partial charge is 0.363 e. The van der Waals surface area contributed by atoms with Crippen molar-refractivity contribution in [1.82, 2.24) is 20.6 Å². The third-order valence-electron chi connectivity index (χ3n) is 3.50. The van der Waals surface area contributed by atoms with Crippen LogP contribution in [0.25, 0.3) is 11.4 Å². The van der Waals surface area contributed by atoms with Gasteiger partial charge in [0.1, 0.15) is 6.04 Å². The van der Waals surface area contributed by atoms with Gasteiger partial charge in [0, 0.05) is 12.6 Å². The Morgan fingerprint density at radius 3 is 2.73 bits per heavy atom. The summed E-state index contributed by atoms with van der Waals surface area (Å²) in [6, 6.07) is 5.72. The van der Waals surface area contributed by atoms with Gasteiger partial charge < -0.3 is 11.1 Å². The molecule has 2 amide bonds. The van der Waals surface area contributed by atoms with Crippen molar-refractivity contribution in [3.8, 4) is 11.4 Å². The molecule has 132 valence electrons. The third kappa shape index (κ3) is 3.81. The minimum absolute atomic E-state index is 0.126. The second-order valence-electron chi connectivity index (χ2n) is 5.27. The number of carbonyl (C=O) groups is 3. The molecule has 10 heteroatoms. The minimum atomic E-state index is -1.13. The molecule has 0 aliphatic heterocycles. The van der Waals surface area contributed by atoms with E-state index in [0.717, 1.165) is 5.56 Å². The number of rotatable bonds is 7. The SMILES string of the molecule is NC(=O)C(=O)C(Cc1ccsc1)NC(=O)c1nonc1-c1ccccn1. The van der Waals surface area contributed by atoms with Gasteiger partial charge in [-0.2, -0.15) is 11.3 Å². The number of nitrogens with one attached hydrogen (secondary N) is 1. The number of amides is 2. The molecule has 0 saturated carbocycles. The smallest absolute Gasteiger partial charge is 0.287 e. The van der Waals surface area contributed by atoms with Crippen LogP contribution in [0.2, 0.25) is 0 Å². The van der Waals surface area contributed by atoms with Crippen molar-refractivity contribution in [2.45, 2.75) is 12.5 Å². The predicted molar refractivity (Wildman–Crippen MR) is 91.0 cm³/mol. The van der Waals surface area contributed by atoms with E-state index in [-0.39, 0.29) is 17.8 Å². The normalized spacial score (nSPS) is 11.7. The van der Waals surface area contributed by atoms with Crippen molar-refractivity contribution in [3.63, 3.8) is 0 Å². The number of aromatic nitrogens is 3. The number of thiophene rings is 1. The van der Waals surface area contributed by atoms with Gasteiger partial charge in [-0.05, 0) is 44.8 Å². The van der Waals surface area contributed by atoms with Crippen LogP contribution in [0.15, 0.2) is 45.9 Å². The van der Waals surface area contributed by atoms with Crippen LogP contribution in [0.3, 0.4) is 0 Å². The molecule has 3 rings (SSSR count). The zero-order valence-electron chi connectivity index (χ0n) is 13.3. The maximum atomic E-state index is 12.6. The van der Waals surface area contributed by atoms with E-state index in [1.54, 1.807) is 24.3 Å². The molecule has 0 aliphatic carbocycles. The monoisotopic (exact) mass is 371 g/mol. The summed E-state index contributed by atoms with van der Waals surface area (Å²) in [4.78, 5) is 40.0. The number of carbonyl (C=O) groups excluding carboxylic acids is 3. The molecule has 0 aromatic carbocycles. The van der Waals surface area contributed by atoms with Crippen LogP contribution >= 0.6 is 11.3 Å². The highest BCUT2D eigenvalue weighted by atomic mass is 32.1. The number of nitrogens with zero attached hydrogens (tertiary/aromatic N) is 3. The van der Waals surface area contributed by atoms with E-state index in [0.29, 0.717) is 5.69 Å². The molecular weight excluding hydrogens is 358 g/mol. The van der Waals surface area contributed by atoms with Crippen LogP contribution in [-0.4, -0.2) is 38.9 Å². The first-order valence-corrected chi connectivity index (χ1v) is 8.40. The van der Waals surface area contributed by atoms with E-state index in [4.69, 9.17) is 5.73 Å². The Morgan fingerprint density at radius 2 is 2.08 bits per heavy atom. The zero-order chi connectivity index (χ0) is 18.5. The Morgan fingerprint density at radius 1 is 1.23 bits per heavy atom. The molecule has 1 atom stereocenters. The minimum Gasteiger partial charge on any atom is -0.363 e. The Balaban J connectivity index is 1.83. The molecule has 3 aromatic rings. The van der Waals surface area contributed by atoms with Gasteiger partial charge in [0.25, 0.3) is 11.8 Å². The fourth-order valence-corrected chi connectivity index (χ4v) is 2.94. The molecule has 3 N–H and O–H groups in total. The molecule has 0 bridgehead atoms. The van der Waals surface area contributed by atoms with Crippen molar-refractivity contribution in [2.75, 3.05) is 0 Å². The Hall–Kier alpha value is -3.40. The maximum absolute atomic E-state index is 12.6. The third-order valence-corrected chi connectivity index (χ3v) is 4.23. The van der Waals surface area contributed by atoms with E-state index in [2.05, 4.69) is 25.2 Å². The average molecular weight is 371 g/mol. The Kier molecular flexibility index (Phi) is 5.13. The number of Topliss-reactive ketones (excluding diaryl/α,β-unsaturated/α-hetero) is 1. The van der Waals surface area contributed by atoms with Gasteiger partial charge >= 0.3 is 0 Å². The highest BCUT2D eigenvalue weighted by Crippen LogP contribution is 2.18. The first-order chi connectivity index (χ1) is 12.6. The maximum Gasteiger partial charge on any atom is 0.287 e. The average Bonchev–Trinajstić information content (AvgIpc) is 3.32. The first kappa shape index (κ1) is 17.4. The van der Waals surface area contributed by atoms with Crippen LogP contribution in [0.4, 0.5) is 0 Å². The van der Waals surface area contributed by atoms with E-state index in [1.165, 1.54) is 17.5 Å². The van der Waals surface area contributed by atoms with Gasteiger partial charge in [0.05, 0.1) is 5.69 Å². The zero-order valence-corrected chi connectivity index (χ0v) is 14.1. The fourth-order valence-electron chi connectivity index (χ4n) is 2.26. The topological polar surface area (TPSA) is 141 Å². The lowest BCUT2D eigenvalue weighted by atomic mass is 10.0. The van der Waals surface area contributed by atoms with E-state index >= 15 is 0 Å². The highest BCUT2D eigenvalue weighted by molar-refractivity contribution is 7.07. The number of nitrogens with two attached hydrogens (primary N) is 1. The van der Waals surface area contributed by atoms with Crippen molar-refractivity contribution in [3.05, 3.63) is 52.5 Å². The van der Waals surface area contributed by atoms with Gasteiger partial charge in [0.2, 0.25) is 11.5 Å². The quantitative estimate of drug-likeness (QED) is 0.579. The van der Waals surface area contributed by atoms with E-state index in [1.807, 2.05) is 10.8 Å². The summed E-state index contributed by atoms with van der Waals surface area (Å²) in [5.41, 5.74) is 6.25. The summed E-state index contributed by atoms with van der Waals surface area (Å²) in [6.45, 7) is 0. The van der Waals surface area contributed by atoms with Gasteiger partial charge in [-0.3, -0.25) is 19.4 Å². The molecule has 0 spiro atoms. The molecule has 9 nitrogen and oxygen atoms in total. The molecule has 0 saturated heterocycles. The van der Waals surface area contributed by atoms with Crippen LogP contribution < -0.4 is 11.1 Å². The number of ketones is 1. The van der Waals surface area contributed by atoms with Crippen LogP contribution in [0, 0.1) is 0 Å². The summed E-state index contributed by atoms with van der Waals surface area (Å²) in [7, 11) is 0. The number of hydrogen-bond acceptors (Lipinski definition) is 8. The second-order valence-corrected chi connectivity index (χ2v) is 6.05. The summed E-state index contributed by atoms with van der Waals surface area (Å²) in [5.74, 6) is -2.75. The molecule has 1 unspecified atom stereocenters. The summed E-state index contributed by atoms with van der Waals surface area (Å²) in [5, 5.41) is 13.4. The summed E-state index contributed by atoms with van der Waals surface area (Å²) >= 11 is 1.43. The second kappa shape index (κ2) is 7.66. The molecule has 0 fully saturated rings. The summed E-state index contributed by atoms with van der Waals surface area (Å²) < 4.78 is 4.64. The molecule has 0 aliphatic rings. The number of primary amides is 1. The molecule has 3 heterocycles. The van der Waals surface area contributed by atoms with Gasteiger partial charge in [-0.25, -0.2) is 4.63 Å². The standard InChI is InChI=1S/C16H13N5O4S/c17-15(23)14(22)11(7-9-4-6-26-8-9)19-16(24)13-12(20-25-21-13)10-3-1-2-5-18-10/h1-6,8,11H,7H2,(H2,17,23)(H,19,24). The van der Waals surface area contributed by atoms with E-state index < -0.39 is 23.6 Å². The molecule has 3 aromatic heterocycles. The van der Waals surface area contributed by atoms with Gasteiger partial charge in [-0.15, -0.1) is 0 Å². The molecular formula is C16H13N5O4S. The summed E-state index contributed by atoms with van der Waals surface area (Å²) in [6.07, 6.45) is 1.66. The van der Waals surface area contributed by atoms with Crippen LogP contribution in [0.5, 0.6) is 0 Å². The van der Waals surface area contributed by atoms with E-state index in [9.17, 15) is 14.4 Å². The van der Waals surface area contributed by atoms with Crippen molar-refractivity contribution >= 4 is 28.9 Å². The Bertz CT molecular complexity index is 923. The van der Waals surface area contributed by atoms with Crippen LogP contribution in [-0.2, 0) is 16.0 Å². The first-order valence-electron chi connectivity index (χ1n) is 7.46. The number of pyridine rings is 1. The lowest BCUT2D eigenvalue weighted by Gasteiger charge is -2.14. The molecule has 26 heavy (non-hydrogen) atoms. The molecule has 0 radical (unpaired) electrons. The lowest BCUT2D eigenvalue weighted by molar-refractivity contribution is -0.137. The number of hydrogen-bond donors (Lipinski definition) is 2. The lowest BCUT2D eigenvalue weighted by Crippen LogP contribution is -2.47. The van der Waals surface area contributed by atoms with Gasteiger partial charge in [-0.1, -0.05) is 6.07 Å². The van der Waals surface area contributed by atoms with Gasteiger partial charge in [0.15, 0.2) is 5.69 Å². The van der Waals surface area contributed by atoms with Crippen molar-refractivity contribution in [1.29, 1.82) is 0 Å². The predicted octanol–water partition coefficient (Wildman–Crippen LogP) is 0.589. The Labute approximate surface area is 151 Å². The van der Waals surface area contributed by atoms with Crippen LogP contribution in [0.1, 0.15) is 16.1 Å². The fraction of sp³-hybridized carbons (Fsp3) is 0.125. The van der Waals surface area contributed by atoms with Crippen molar-refractivity contribution < 1.29 is 19.0 Å².